The van der Waals surface area contributed by atoms with Crippen molar-refractivity contribution in [2.24, 2.45) is 0 Å². The van der Waals surface area contributed by atoms with E-state index in [-0.39, 0.29) is 0 Å². The van der Waals surface area contributed by atoms with Gasteiger partial charge in [-0.05, 0) is 23.6 Å². The first-order chi connectivity index (χ1) is 9.69. The first-order valence-electron chi connectivity index (χ1n) is 6.58. The van der Waals surface area contributed by atoms with Gasteiger partial charge in [0.15, 0.2) is 5.58 Å². The van der Waals surface area contributed by atoms with Crippen molar-refractivity contribution in [2.75, 3.05) is 7.11 Å². The molecular weight excluding hydrogens is 252 g/mol. The van der Waals surface area contributed by atoms with Crippen molar-refractivity contribution in [3.05, 3.63) is 42.2 Å². The molecule has 20 heavy (non-hydrogen) atoms. The molecule has 0 N–H and O–H groups in total. The number of oxazole rings is 1. The number of nitrogens with zero attached hydrogens (tertiary/aromatic N) is 2. The SMILES string of the molecule is COc1cc(-c2nc3cnccc3o2)ccc1C(C)C. The van der Waals surface area contributed by atoms with E-state index >= 15 is 0 Å². The van der Waals surface area contributed by atoms with E-state index in [1.807, 2.05) is 18.2 Å². The number of fused-ring (bicyclic) bond motifs is 1. The molecule has 0 bridgehead atoms. The van der Waals surface area contributed by atoms with Crippen molar-refractivity contribution in [3.63, 3.8) is 0 Å². The van der Waals surface area contributed by atoms with Crippen LogP contribution in [0.4, 0.5) is 0 Å². The van der Waals surface area contributed by atoms with Crippen LogP contribution in [0.15, 0.2) is 41.1 Å². The normalized spacial score (nSPS) is 11.2. The van der Waals surface area contributed by atoms with E-state index in [0.717, 1.165) is 22.4 Å². The molecule has 4 nitrogen and oxygen atoms in total. The second kappa shape index (κ2) is 4.96. The predicted molar refractivity (Wildman–Crippen MR) is 77.9 cm³/mol. The van der Waals surface area contributed by atoms with Crippen LogP contribution in [-0.2, 0) is 0 Å². The molecule has 0 aliphatic rings. The molecule has 0 saturated heterocycles. The number of ether oxygens (including phenoxy) is 1. The number of hydrogen-bond donors (Lipinski definition) is 0. The number of pyridine rings is 1. The number of benzene rings is 1. The Morgan fingerprint density at radius 1 is 1.20 bits per heavy atom. The van der Waals surface area contributed by atoms with Gasteiger partial charge in [-0.3, -0.25) is 4.98 Å². The molecule has 0 amide bonds. The van der Waals surface area contributed by atoms with Crippen LogP contribution < -0.4 is 4.74 Å². The Hall–Kier alpha value is -2.36. The minimum absolute atomic E-state index is 0.409. The summed E-state index contributed by atoms with van der Waals surface area (Å²) in [5.74, 6) is 1.85. The van der Waals surface area contributed by atoms with Gasteiger partial charge < -0.3 is 9.15 Å². The number of hydrogen-bond acceptors (Lipinski definition) is 4. The molecule has 0 radical (unpaired) electrons. The van der Waals surface area contributed by atoms with E-state index < -0.39 is 0 Å². The Morgan fingerprint density at radius 2 is 2.05 bits per heavy atom. The zero-order valence-electron chi connectivity index (χ0n) is 11.8. The van der Waals surface area contributed by atoms with Gasteiger partial charge in [0.25, 0.3) is 0 Å². The van der Waals surface area contributed by atoms with Crippen molar-refractivity contribution in [1.29, 1.82) is 0 Å². The summed E-state index contributed by atoms with van der Waals surface area (Å²) in [7, 11) is 1.68. The average Bonchev–Trinajstić information content (AvgIpc) is 2.90. The molecule has 1 aromatic carbocycles. The highest BCUT2D eigenvalue weighted by Gasteiger charge is 2.13. The largest absolute Gasteiger partial charge is 0.496 e. The zero-order valence-corrected chi connectivity index (χ0v) is 11.8. The maximum absolute atomic E-state index is 5.75. The minimum Gasteiger partial charge on any atom is -0.496 e. The standard InChI is InChI=1S/C16H16N2O2/c1-10(2)12-5-4-11(8-15(12)19-3)16-18-13-9-17-7-6-14(13)20-16/h4-10H,1-3H3. The van der Waals surface area contributed by atoms with E-state index in [2.05, 4.69) is 29.9 Å². The van der Waals surface area contributed by atoms with Crippen molar-refractivity contribution in [2.45, 2.75) is 19.8 Å². The molecule has 0 aliphatic carbocycles. The lowest BCUT2D eigenvalue weighted by molar-refractivity contribution is 0.407. The maximum Gasteiger partial charge on any atom is 0.227 e. The molecule has 2 heterocycles. The summed E-state index contributed by atoms with van der Waals surface area (Å²) < 4.78 is 11.2. The average molecular weight is 268 g/mol. The monoisotopic (exact) mass is 268 g/mol. The van der Waals surface area contributed by atoms with Gasteiger partial charge in [0.05, 0.1) is 13.3 Å². The summed E-state index contributed by atoms with van der Waals surface area (Å²) >= 11 is 0. The lowest BCUT2D eigenvalue weighted by atomic mass is 10.0. The number of methoxy groups -OCH3 is 1. The third-order valence-corrected chi connectivity index (χ3v) is 3.29. The lowest BCUT2D eigenvalue weighted by Gasteiger charge is -2.12. The summed E-state index contributed by atoms with van der Waals surface area (Å²) in [6, 6.07) is 7.85. The van der Waals surface area contributed by atoms with Gasteiger partial charge in [-0.2, -0.15) is 0 Å². The molecule has 102 valence electrons. The van der Waals surface area contributed by atoms with Gasteiger partial charge in [-0.25, -0.2) is 4.98 Å². The highest BCUT2D eigenvalue weighted by molar-refractivity contribution is 5.75. The summed E-state index contributed by atoms with van der Waals surface area (Å²) in [5.41, 5.74) is 3.58. The van der Waals surface area contributed by atoms with Crippen LogP contribution in [0, 0.1) is 0 Å². The molecule has 3 rings (SSSR count). The van der Waals surface area contributed by atoms with E-state index in [1.165, 1.54) is 5.56 Å². The molecule has 0 aliphatic heterocycles. The van der Waals surface area contributed by atoms with Crippen LogP contribution in [0.1, 0.15) is 25.3 Å². The summed E-state index contributed by atoms with van der Waals surface area (Å²) in [4.78, 5) is 8.49. The molecule has 0 unspecified atom stereocenters. The third kappa shape index (κ3) is 2.13. The topological polar surface area (TPSA) is 48.2 Å². The molecule has 0 fully saturated rings. The van der Waals surface area contributed by atoms with Crippen LogP contribution >= 0.6 is 0 Å². The van der Waals surface area contributed by atoms with Gasteiger partial charge >= 0.3 is 0 Å². The van der Waals surface area contributed by atoms with Gasteiger partial charge in [-0.1, -0.05) is 19.9 Å². The lowest BCUT2D eigenvalue weighted by Crippen LogP contribution is -1.94. The highest BCUT2D eigenvalue weighted by atomic mass is 16.5. The van der Waals surface area contributed by atoms with Crippen molar-refractivity contribution in [3.8, 4) is 17.2 Å². The minimum atomic E-state index is 0.409. The van der Waals surface area contributed by atoms with Crippen LogP contribution in [0.5, 0.6) is 5.75 Å². The van der Waals surface area contributed by atoms with E-state index in [9.17, 15) is 0 Å². The number of rotatable bonds is 3. The van der Waals surface area contributed by atoms with Crippen LogP contribution in [-0.4, -0.2) is 17.1 Å². The summed E-state index contributed by atoms with van der Waals surface area (Å²) in [5, 5.41) is 0. The molecular formula is C16H16N2O2. The van der Waals surface area contributed by atoms with Crippen molar-refractivity contribution < 1.29 is 9.15 Å². The predicted octanol–water partition coefficient (Wildman–Crippen LogP) is 4.02. The first-order valence-corrected chi connectivity index (χ1v) is 6.58. The fourth-order valence-corrected chi connectivity index (χ4v) is 2.22. The molecule has 0 atom stereocenters. The summed E-state index contributed by atoms with van der Waals surface area (Å²) in [6.07, 6.45) is 3.39. The Kier molecular flexibility index (Phi) is 3.14. The molecule has 0 spiro atoms. The van der Waals surface area contributed by atoms with E-state index in [4.69, 9.17) is 9.15 Å². The van der Waals surface area contributed by atoms with E-state index in [0.29, 0.717) is 11.8 Å². The molecule has 0 saturated carbocycles. The Morgan fingerprint density at radius 3 is 2.75 bits per heavy atom. The van der Waals surface area contributed by atoms with Gasteiger partial charge in [0.1, 0.15) is 11.3 Å². The second-order valence-corrected chi connectivity index (χ2v) is 4.97. The van der Waals surface area contributed by atoms with Crippen LogP contribution in [0.2, 0.25) is 0 Å². The van der Waals surface area contributed by atoms with Crippen LogP contribution in [0.3, 0.4) is 0 Å². The van der Waals surface area contributed by atoms with Gasteiger partial charge in [0.2, 0.25) is 5.89 Å². The Bertz CT molecular complexity index is 714. The third-order valence-electron chi connectivity index (χ3n) is 3.29. The molecule has 4 heteroatoms. The van der Waals surface area contributed by atoms with Crippen LogP contribution in [0.25, 0.3) is 22.6 Å². The van der Waals surface area contributed by atoms with Crippen molar-refractivity contribution in [1.82, 2.24) is 9.97 Å². The fourth-order valence-electron chi connectivity index (χ4n) is 2.22. The smallest absolute Gasteiger partial charge is 0.227 e. The highest BCUT2D eigenvalue weighted by Crippen LogP contribution is 2.32. The quantitative estimate of drug-likeness (QED) is 0.719. The maximum atomic E-state index is 5.75. The Labute approximate surface area is 117 Å². The first kappa shape index (κ1) is 12.7. The van der Waals surface area contributed by atoms with E-state index in [1.54, 1.807) is 19.5 Å². The summed E-state index contributed by atoms with van der Waals surface area (Å²) in [6.45, 7) is 4.28. The molecule has 2 aromatic heterocycles. The van der Waals surface area contributed by atoms with Gasteiger partial charge in [0, 0.05) is 17.8 Å². The Balaban J connectivity index is 2.09. The zero-order chi connectivity index (χ0) is 14.1. The molecule has 3 aromatic rings. The van der Waals surface area contributed by atoms with Crippen molar-refractivity contribution >= 4 is 11.1 Å². The number of aromatic nitrogens is 2. The van der Waals surface area contributed by atoms with Gasteiger partial charge in [-0.15, -0.1) is 0 Å². The fraction of sp³-hybridized carbons (Fsp3) is 0.250. The second-order valence-electron chi connectivity index (χ2n) is 4.97.